The molecule has 9 aliphatic rings. The lowest BCUT2D eigenvalue weighted by Crippen LogP contribution is -2.56. The van der Waals surface area contributed by atoms with Crippen LogP contribution in [0.4, 0.5) is 0 Å². The maximum Gasteiger partial charge on any atom is 0.0243 e. The zero-order valence-electron chi connectivity index (χ0n) is 27.0. The third-order valence-corrected chi connectivity index (χ3v) is 14.5. The molecule has 1 saturated heterocycles. The van der Waals surface area contributed by atoms with Gasteiger partial charge in [-0.3, -0.25) is 0 Å². The van der Waals surface area contributed by atoms with Crippen molar-refractivity contribution in [2.45, 2.75) is 140 Å². The van der Waals surface area contributed by atoms with E-state index >= 15 is 0 Å². The monoisotopic (exact) mass is 561 g/mol. The SMILES string of the molecule is CC12CC3CC(C)(C1)CC(c1ccc(C(c4ccc(C56CC7CC(C)(CC(C)(C7)C5)C6)cc4)C4CCCN4)cc1)(C3)C2. The fourth-order valence-corrected chi connectivity index (χ4v) is 15.3. The van der Waals surface area contributed by atoms with Crippen molar-refractivity contribution in [1.29, 1.82) is 0 Å². The summed E-state index contributed by atoms with van der Waals surface area (Å²) in [7, 11) is 0. The molecule has 1 heterocycles. The molecule has 0 aromatic heterocycles. The van der Waals surface area contributed by atoms with E-state index in [-0.39, 0.29) is 0 Å². The Morgan fingerprint density at radius 3 is 1.29 bits per heavy atom. The Morgan fingerprint density at radius 1 is 0.548 bits per heavy atom. The first kappa shape index (κ1) is 26.8. The van der Waals surface area contributed by atoms with Gasteiger partial charge in [-0.1, -0.05) is 76.2 Å². The van der Waals surface area contributed by atoms with Crippen LogP contribution in [0.3, 0.4) is 0 Å². The molecule has 224 valence electrons. The highest BCUT2D eigenvalue weighted by atomic mass is 14.9. The summed E-state index contributed by atoms with van der Waals surface area (Å²) in [5.74, 6) is 2.35. The number of hydrogen-bond acceptors (Lipinski definition) is 1. The molecule has 1 aliphatic heterocycles. The molecule has 8 saturated carbocycles. The first-order chi connectivity index (χ1) is 20.0. The van der Waals surface area contributed by atoms with E-state index in [4.69, 9.17) is 0 Å². The van der Waals surface area contributed by atoms with Crippen molar-refractivity contribution in [2.75, 3.05) is 6.54 Å². The summed E-state index contributed by atoms with van der Waals surface area (Å²) in [4.78, 5) is 0. The highest BCUT2D eigenvalue weighted by Crippen LogP contribution is 2.71. The van der Waals surface area contributed by atoms with Gasteiger partial charge in [0.25, 0.3) is 0 Å². The molecule has 8 aliphatic carbocycles. The molecule has 11 rings (SSSR count). The van der Waals surface area contributed by atoms with Gasteiger partial charge in [0.1, 0.15) is 0 Å². The quantitative estimate of drug-likeness (QED) is 0.383. The molecule has 8 bridgehead atoms. The fourth-order valence-electron chi connectivity index (χ4n) is 15.3. The van der Waals surface area contributed by atoms with Gasteiger partial charge in [0.15, 0.2) is 0 Å². The second kappa shape index (κ2) is 8.56. The summed E-state index contributed by atoms with van der Waals surface area (Å²) in [5.41, 5.74) is 9.49. The lowest BCUT2D eigenvalue weighted by atomic mass is 9.39. The van der Waals surface area contributed by atoms with Crippen LogP contribution in [0.2, 0.25) is 0 Å². The minimum Gasteiger partial charge on any atom is -0.313 e. The molecule has 1 nitrogen and oxygen atoms in total. The summed E-state index contributed by atoms with van der Waals surface area (Å²) in [6.45, 7) is 11.6. The first-order valence-corrected chi connectivity index (χ1v) is 17.9. The first-order valence-electron chi connectivity index (χ1n) is 17.9. The minimum atomic E-state index is 0.426. The number of rotatable bonds is 5. The van der Waals surface area contributed by atoms with E-state index in [1.54, 1.807) is 11.1 Å². The summed E-state index contributed by atoms with van der Waals surface area (Å²) in [6.07, 6.45) is 20.0. The summed E-state index contributed by atoms with van der Waals surface area (Å²) in [5, 5.41) is 3.92. The molecule has 5 atom stereocenters. The molecule has 2 aromatic carbocycles. The Kier molecular flexibility index (Phi) is 5.45. The smallest absolute Gasteiger partial charge is 0.0243 e. The molecular formula is C41H55N. The van der Waals surface area contributed by atoms with E-state index in [9.17, 15) is 0 Å². The van der Waals surface area contributed by atoms with E-state index in [2.05, 4.69) is 81.5 Å². The van der Waals surface area contributed by atoms with Gasteiger partial charge in [-0.25, -0.2) is 0 Å². The van der Waals surface area contributed by atoms with Crippen LogP contribution in [0.5, 0.6) is 0 Å². The second-order valence-electron chi connectivity index (χ2n) is 19.2. The summed E-state index contributed by atoms with van der Waals surface area (Å²) in [6, 6.07) is 21.1. The van der Waals surface area contributed by atoms with Crippen molar-refractivity contribution in [3.05, 3.63) is 70.8 Å². The van der Waals surface area contributed by atoms with Gasteiger partial charge < -0.3 is 5.32 Å². The predicted octanol–water partition coefficient (Wildman–Crippen LogP) is 10.1. The fraction of sp³-hybridized carbons (Fsp3) is 0.707. The lowest BCUT2D eigenvalue weighted by molar-refractivity contribution is -0.110. The van der Waals surface area contributed by atoms with Crippen molar-refractivity contribution in [3.8, 4) is 0 Å². The molecule has 42 heavy (non-hydrogen) atoms. The zero-order valence-corrected chi connectivity index (χ0v) is 27.0. The van der Waals surface area contributed by atoms with E-state index in [1.165, 1.54) is 108 Å². The van der Waals surface area contributed by atoms with Crippen molar-refractivity contribution in [3.63, 3.8) is 0 Å². The Hall–Kier alpha value is -1.60. The molecule has 5 unspecified atom stereocenters. The van der Waals surface area contributed by atoms with Gasteiger partial charge in [0.05, 0.1) is 0 Å². The average molecular weight is 562 g/mol. The van der Waals surface area contributed by atoms with Crippen LogP contribution < -0.4 is 5.32 Å². The van der Waals surface area contributed by atoms with Crippen LogP contribution in [0, 0.1) is 33.5 Å². The molecule has 2 aromatic rings. The third-order valence-electron chi connectivity index (χ3n) is 14.5. The van der Waals surface area contributed by atoms with Crippen LogP contribution in [-0.2, 0) is 10.8 Å². The maximum absolute atomic E-state index is 3.92. The molecular weight excluding hydrogens is 506 g/mol. The van der Waals surface area contributed by atoms with E-state index in [1.807, 2.05) is 0 Å². The van der Waals surface area contributed by atoms with Gasteiger partial charge in [-0.15, -0.1) is 0 Å². The normalized spacial score (nSPS) is 49.1. The molecule has 0 radical (unpaired) electrons. The van der Waals surface area contributed by atoms with Crippen molar-refractivity contribution in [2.24, 2.45) is 33.5 Å². The van der Waals surface area contributed by atoms with Gasteiger partial charge in [0, 0.05) is 12.0 Å². The maximum atomic E-state index is 3.92. The molecule has 1 heteroatoms. The van der Waals surface area contributed by atoms with Crippen LogP contribution in [0.1, 0.15) is 146 Å². The van der Waals surface area contributed by atoms with Crippen molar-refractivity contribution >= 4 is 0 Å². The lowest BCUT2D eigenvalue weighted by Gasteiger charge is -2.65. The van der Waals surface area contributed by atoms with Crippen LogP contribution >= 0.6 is 0 Å². The van der Waals surface area contributed by atoms with Crippen LogP contribution in [0.15, 0.2) is 48.5 Å². The second-order valence-corrected chi connectivity index (χ2v) is 19.2. The van der Waals surface area contributed by atoms with Crippen molar-refractivity contribution in [1.82, 2.24) is 5.32 Å². The zero-order chi connectivity index (χ0) is 28.6. The highest BCUT2D eigenvalue weighted by Gasteiger charge is 2.61. The largest absolute Gasteiger partial charge is 0.313 e. The Balaban J connectivity index is 1.03. The highest BCUT2D eigenvalue weighted by molar-refractivity contribution is 5.42. The van der Waals surface area contributed by atoms with E-state index in [0.717, 1.165) is 11.8 Å². The van der Waals surface area contributed by atoms with Gasteiger partial charge >= 0.3 is 0 Å². The standard InChI is InChI=1S/C41H55N/c1-36-16-28-17-37(2,22-36)25-40(20-28,24-36)32-11-7-30(8-12-32)35(34-6-5-15-42-34)31-9-13-33(14-10-31)41-21-29-18-38(3,26-41)23-39(4,19-29)27-41/h7-14,28-29,34-35,42H,5-6,15-27H2,1-4H3. The van der Waals surface area contributed by atoms with Crippen LogP contribution in [-0.4, -0.2) is 12.6 Å². The molecule has 9 fully saturated rings. The van der Waals surface area contributed by atoms with Crippen LogP contribution in [0.25, 0.3) is 0 Å². The molecule has 1 N–H and O–H groups in total. The van der Waals surface area contributed by atoms with E-state index < -0.39 is 0 Å². The predicted molar refractivity (Wildman–Crippen MR) is 174 cm³/mol. The molecule has 0 amide bonds. The van der Waals surface area contributed by atoms with Gasteiger partial charge in [0.2, 0.25) is 0 Å². The van der Waals surface area contributed by atoms with E-state index in [0.29, 0.717) is 44.4 Å². The average Bonchev–Trinajstić information content (AvgIpc) is 3.40. The number of benzene rings is 2. The third kappa shape index (κ3) is 4.03. The minimum absolute atomic E-state index is 0.426. The topological polar surface area (TPSA) is 12.0 Å². The Labute approximate surface area is 256 Å². The number of hydrogen-bond donors (Lipinski definition) is 1. The molecule has 0 spiro atoms. The van der Waals surface area contributed by atoms with Gasteiger partial charge in [-0.05, 0) is 163 Å². The van der Waals surface area contributed by atoms with Gasteiger partial charge in [-0.2, -0.15) is 0 Å². The number of nitrogens with one attached hydrogen (secondary N) is 1. The summed E-state index contributed by atoms with van der Waals surface area (Å²) < 4.78 is 0. The summed E-state index contributed by atoms with van der Waals surface area (Å²) >= 11 is 0. The Bertz CT molecular complexity index is 1240. The van der Waals surface area contributed by atoms with Crippen molar-refractivity contribution < 1.29 is 0 Å². The Morgan fingerprint density at radius 2 is 0.952 bits per heavy atom.